The number of unbranched alkanes of at least 4 members (excludes halogenated alkanes) is 3. The Balaban J connectivity index is 1.92. The Morgan fingerprint density at radius 1 is 1.29 bits per heavy atom. The van der Waals surface area contributed by atoms with Crippen molar-refractivity contribution in [2.75, 3.05) is 33.3 Å². The number of likely N-dealkylation sites (tertiary alicyclic amines) is 1. The molecule has 14 heavy (non-hydrogen) atoms. The molecular formula is C11H24N2O. The maximum atomic E-state index is 5.44. The van der Waals surface area contributed by atoms with Gasteiger partial charge in [0.2, 0.25) is 0 Å². The molecule has 84 valence electrons. The van der Waals surface area contributed by atoms with Gasteiger partial charge >= 0.3 is 0 Å². The number of rotatable bonds is 7. The summed E-state index contributed by atoms with van der Waals surface area (Å²) in [6, 6.07) is 0. The number of ether oxygens (including phenoxy) is 1. The normalized spacial score (nSPS) is 23.1. The molecule has 1 saturated heterocycles. The molecule has 1 atom stereocenters. The molecule has 1 aliphatic rings. The number of nitrogens with zero attached hydrogens (tertiary/aromatic N) is 1. The fraction of sp³-hybridized carbons (Fsp3) is 1.00. The maximum Gasteiger partial charge on any atom is 0.0710 e. The minimum absolute atomic E-state index is 0.485. The molecule has 0 aromatic rings. The summed E-state index contributed by atoms with van der Waals surface area (Å²) in [6.45, 7) is 4.43. The van der Waals surface area contributed by atoms with Crippen molar-refractivity contribution in [1.29, 1.82) is 0 Å². The summed E-state index contributed by atoms with van der Waals surface area (Å²) >= 11 is 0. The van der Waals surface area contributed by atoms with E-state index in [1.54, 1.807) is 0 Å². The summed E-state index contributed by atoms with van der Waals surface area (Å²) in [5, 5.41) is 0. The van der Waals surface area contributed by atoms with Crippen molar-refractivity contribution in [2.24, 2.45) is 5.73 Å². The van der Waals surface area contributed by atoms with Crippen LogP contribution in [0.3, 0.4) is 0 Å². The molecule has 2 N–H and O–H groups in total. The van der Waals surface area contributed by atoms with Crippen molar-refractivity contribution in [3.8, 4) is 0 Å². The predicted molar refractivity (Wildman–Crippen MR) is 59.4 cm³/mol. The molecule has 0 bridgehead atoms. The van der Waals surface area contributed by atoms with Gasteiger partial charge in [-0.15, -0.1) is 0 Å². The van der Waals surface area contributed by atoms with Crippen LogP contribution in [0.25, 0.3) is 0 Å². The van der Waals surface area contributed by atoms with E-state index in [1.807, 2.05) is 7.11 Å². The van der Waals surface area contributed by atoms with E-state index < -0.39 is 0 Å². The Bertz CT molecular complexity index is 141. The second kappa shape index (κ2) is 7.21. The second-order valence-electron chi connectivity index (χ2n) is 4.15. The minimum atomic E-state index is 0.485. The van der Waals surface area contributed by atoms with E-state index in [2.05, 4.69) is 4.90 Å². The van der Waals surface area contributed by atoms with Gasteiger partial charge in [-0.2, -0.15) is 0 Å². The van der Waals surface area contributed by atoms with Crippen LogP contribution in [0.5, 0.6) is 0 Å². The highest BCUT2D eigenvalue weighted by Crippen LogP contribution is 2.12. The number of methoxy groups -OCH3 is 1. The third-order valence-electron chi connectivity index (χ3n) is 2.99. The highest BCUT2D eigenvalue weighted by atomic mass is 16.5. The fourth-order valence-corrected chi connectivity index (χ4v) is 2.03. The molecule has 0 aliphatic carbocycles. The summed E-state index contributed by atoms with van der Waals surface area (Å²) in [6.07, 6.45) is 6.80. The van der Waals surface area contributed by atoms with Crippen LogP contribution >= 0.6 is 0 Å². The van der Waals surface area contributed by atoms with Crippen molar-refractivity contribution in [1.82, 2.24) is 4.90 Å². The van der Waals surface area contributed by atoms with Crippen LogP contribution in [0.4, 0.5) is 0 Å². The molecule has 0 saturated carbocycles. The number of nitrogens with two attached hydrogens (primary N) is 1. The number of hydrogen-bond acceptors (Lipinski definition) is 3. The SMILES string of the molecule is COC1CCN(CCCCCCN)C1. The molecule has 0 spiro atoms. The summed E-state index contributed by atoms with van der Waals surface area (Å²) in [7, 11) is 1.81. The fourth-order valence-electron chi connectivity index (χ4n) is 2.03. The predicted octanol–water partition coefficient (Wildman–Crippen LogP) is 1.23. The molecule has 1 aliphatic heterocycles. The van der Waals surface area contributed by atoms with Crippen LogP contribution in [-0.4, -0.2) is 44.3 Å². The van der Waals surface area contributed by atoms with Gasteiger partial charge in [-0.25, -0.2) is 0 Å². The van der Waals surface area contributed by atoms with Gasteiger partial charge in [0.25, 0.3) is 0 Å². The van der Waals surface area contributed by atoms with E-state index in [4.69, 9.17) is 10.5 Å². The zero-order valence-corrected chi connectivity index (χ0v) is 9.37. The molecule has 0 aromatic heterocycles. The molecule has 1 heterocycles. The first-order valence-electron chi connectivity index (χ1n) is 5.82. The lowest BCUT2D eigenvalue weighted by atomic mass is 10.2. The third kappa shape index (κ3) is 4.40. The van der Waals surface area contributed by atoms with Crippen LogP contribution in [0.15, 0.2) is 0 Å². The van der Waals surface area contributed by atoms with Crippen molar-refractivity contribution >= 4 is 0 Å². The standard InChI is InChI=1S/C11H24N2O/c1-14-11-6-9-13(10-11)8-5-3-2-4-7-12/h11H,2-10,12H2,1H3. The van der Waals surface area contributed by atoms with E-state index in [0.717, 1.165) is 13.1 Å². The van der Waals surface area contributed by atoms with Crippen molar-refractivity contribution in [3.63, 3.8) is 0 Å². The van der Waals surface area contributed by atoms with Gasteiger partial charge in [0.05, 0.1) is 6.10 Å². The first-order chi connectivity index (χ1) is 6.86. The smallest absolute Gasteiger partial charge is 0.0710 e. The highest BCUT2D eigenvalue weighted by Gasteiger charge is 2.20. The lowest BCUT2D eigenvalue weighted by Crippen LogP contribution is -2.23. The van der Waals surface area contributed by atoms with Crippen LogP contribution in [0.2, 0.25) is 0 Å². The third-order valence-corrected chi connectivity index (χ3v) is 2.99. The number of hydrogen-bond donors (Lipinski definition) is 1. The molecule has 3 nitrogen and oxygen atoms in total. The molecule has 1 rings (SSSR count). The van der Waals surface area contributed by atoms with E-state index in [9.17, 15) is 0 Å². The van der Waals surface area contributed by atoms with E-state index in [0.29, 0.717) is 6.10 Å². The van der Waals surface area contributed by atoms with Gasteiger partial charge in [0.15, 0.2) is 0 Å². The summed E-state index contributed by atoms with van der Waals surface area (Å²) in [5.74, 6) is 0. The van der Waals surface area contributed by atoms with Gasteiger partial charge < -0.3 is 15.4 Å². The largest absolute Gasteiger partial charge is 0.380 e. The van der Waals surface area contributed by atoms with Gasteiger partial charge in [0.1, 0.15) is 0 Å². The average molecular weight is 200 g/mol. The molecule has 0 radical (unpaired) electrons. The van der Waals surface area contributed by atoms with Gasteiger partial charge in [-0.3, -0.25) is 0 Å². The van der Waals surface area contributed by atoms with E-state index >= 15 is 0 Å². The first-order valence-corrected chi connectivity index (χ1v) is 5.82. The van der Waals surface area contributed by atoms with Crippen LogP contribution in [0.1, 0.15) is 32.1 Å². The van der Waals surface area contributed by atoms with E-state index in [-0.39, 0.29) is 0 Å². The first kappa shape index (κ1) is 12.0. The molecular weight excluding hydrogens is 176 g/mol. The zero-order chi connectivity index (χ0) is 10.2. The average Bonchev–Trinajstić information content (AvgIpc) is 2.65. The van der Waals surface area contributed by atoms with Gasteiger partial charge in [0, 0.05) is 20.2 Å². The lowest BCUT2D eigenvalue weighted by molar-refractivity contribution is 0.108. The molecule has 3 heteroatoms. The Labute approximate surface area is 87.6 Å². The monoisotopic (exact) mass is 200 g/mol. The Hall–Kier alpha value is -0.120. The van der Waals surface area contributed by atoms with Crippen LogP contribution < -0.4 is 5.73 Å². The summed E-state index contributed by atoms with van der Waals surface area (Å²) in [5.41, 5.74) is 5.44. The topological polar surface area (TPSA) is 38.5 Å². The van der Waals surface area contributed by atoms with Gasteiger partial charge in [-0.1, -0.05) is 12.8 Å². The molecule has 1 unspecified atom stereocenters. The lowest BCUT2D eigenvalue weighted by Gasteiger charge is -2.14. The van der Waals surface area contributed by atoms with E-state index in [1.165, 1.54) is 45.2 Å². The minimum Gasteiger partial charge on any atom is -0.380 e. The van der Waals surface area contributed by atoms with Crippen molar-refractivity contribution in [2.45, 2.75) is 38.2 Å². The maximum absolute atomic E-state index is 5.44. The van der Waals surface area contributed by atoms with Crippen molar-refractivity contribution in [3.05, 3.63) is 0 Å². The van der Waals surface area contributed by atoms with Crippen LogP contribution in [0, 0.1) is 0 Å². The van der Waals surface area contributed by atoms with Gasteiger partial charge in [-0.05, 0) is 32.4 Å². The zero-order valence-electron chi connectivity index (χ0n) is 9.37. The quantitative estimate of drug-likeness (QED) is 0.628. The van der Waals surface area contributed by atoms with Crippen LogP contribution in [-0.2, 0) is 4.74 Å². The summed E-state index contributed by atoms with van der Waals surface area (Å²) in [4.78, 5) is 2.51. The summed E-state index contributed by atoms with van der Waals surface area (Å²) < 4.78 is 5.33. The highest BCUT2D eigenvalue weighted by molar-refractivity contribution is 4.75. The Morgan fingerprint density at radius 2 is 2.07 bits per heavy atom. The molecule has 1 fully saturated rings. The Kier molecular flexibility index (Phi) is 6.15. The Morgan fingerprint density at radius 3 is 2.71 bits per heavy atom. The molecule has 0 aromatic carbocycles. The van der Waals surface area contributed by atoms with Crippen molar-refractivity contribution < 1.29 is 4.74 Å². The molecule has 0 amide bonds. The second-order valence-corrected chi connectivity index (χ2v) is 4.15.